The molecule has 0 aliphatic carbocycles. The first-order valence-electron chi connectivity index (χ1n) is 5.87. The molecule has 0 amide bonds. The van der Waals surface area contributed by atoms with Crippen molar-refractivity contribution < 1.29 is 12.8 Å². The maximum atomic E-state index is 13.5. The fourth-order valence-electron chi connectivity index (χ4n) is 1.74. The topological polar surface area (TPSA) is 70.0 Å². The molecule has 108 valence electrons. The van der Waals surface area contributed by atoms with Gasteiger partial charge in [-0.25, -0.2) is 17.5 Å². The zero-order valence-corrected chi connectivity index (χ0v) is 13.1. The summed E-state index contributed by atoms with van der Waals surface area (Å²) in [4.78, 5) is -0.361. The number of rotatable bonds is 4. The lowest BCUT2D eigenvalue weighted by Crippen LogP contribution is -2.24. The van der Waals surface area contributed by atoms with Crippen LogP contribution in [0.2, 0.25) is 0 Å². The second-order valence-corrected chi connectivity index (χ2v) is 6.83. The summed E-state index contributed by atoms with van der Waals surface area (Å²) in [5, 5.41) is 8.90. The van der Waals surface area contributed by atoms with Crippen LogP contribution >= 0.6 is 15.9 Å². The second kappa shape index (κ2) is 6.35. The van der Waals surface area contributed by atoms with Gasteiger partial charge in [0.25, 0.3) is 0 Å². The average Bonchev–Trinajstić information content (AvgIpc) is 2.45. The van der Waals surface area contributed by atoms with E-state index >= 15 is 0 Å². The molecule has 1 N–H and O–H groups in total. The third-order valence-corrected chi connectivity index (χ3v) is 4.67. The van der Waals surface area contributed by atoms with Crippen LogP contribution in [0.3, 0.4) is 0 Å². The molecule has 0 radical (unpaired) electrons. The van der Waals surface area contributed by atoms with Crippen molar-refractivity contribution in [1.82, 2.24) is 4.72 Å². The van der Waals surface area contributed by atoms with E-state index in [1.807, 2.05) is 6.07 Å². The maximum absolute atomic E-state index is 13.5. The summed E-state index contributed by atoms with van der Waals surface area (Å²) >= 11 is 3.29. The molecule has 0 aliphatic heterocycles. The smallest absolute Gasteiger partial charge is 0.207 e. The van der Waals surface area contributed by atoms with Crippen molar-refractivity contribution in [2.75, 3.05) is 0 Å². The summed E-state index contributed by atoms with van der Waals surface area (Å²) in [6, 6.07) is 12.2. The monoisotopic (exact) mass is 368 g/mol. The second-order valence-electron chi connectivity index (χ2n) is 4.18. The number of sulfonamides is 1. The van der Waals surface area contributed by atoms with Crippen molar-refractivity contribution in [2.24, 2.45) is 0 Å². The molecular weight excluding hydrogens is 359 g/mol. The van der Waals surface area contributed by atoms with Crippen LogP contribution in [-0.4, -0.2) is 8.42 Å². The molecule has 0 heterocycles. The average molecular weight is 369 g/mol. The SMILES string of the molecule is N#Cc1c(F)cccc1S(=O)(=O)NCc1cccc(Br)c1. The molecule has 21 heavy (non-hydrogen) atoms. The molecule has 0 spiro atoms. The van der Waals surface area contributed by atoms with Crippen LogP contribution in [0.4, 0.5) is 4.39 Å². The van der Waals surface area contributed by atoms with Gasteiger partial charge in [-0.05, 0) is 29.8 Å². The molecule has 0 unspecified atom stereocenters. The van der Waals surface area contributed by atoms with E-state index in [-0.39, 0.29) is 11.4 Å². The summed E-state index contributed by atoms with van der Waals surface area (Å²) < 4.78 is 41.0. The third-order valence-electron chi connectivity index (χ3n) is 2.73. The number of nitrogens with zero attached hydrogens (tertiary/aromatic N) is 1. The largest absolute Gasteiger partial charge is 0.242 e. The van der Waals surface area contributed by atoms with Crippen LogP contribution in [-0.2, 0) is 16.6 Å². The van der Waals surface area contributed by atoms with E-state index in [0.29, 0.717) is 0 Å². The Morgan fingerprint density at radius 3 is 2.62 bits per heavy atom. The van der Waals surface area contributed by atoms with Crippen LogP contribution in [0.5, 0.6) is 0 Å². The van der Waals surface area contributed by atoms with E-state index in [4.69, 9.17) is 5.26 Å². The normalized spacial score (nSPS) is 11.1. The maximum Gasteiger partial charge on any atom is 0.242 e. The highest BCUT2D eigenvalue weighted by atomic mass is 79.9. The van der Waals surface area contributed by atoms with Crippen molar-refractivity contribution in [3.05, 3.63) is 63.9 Å². The highest BCUT2D eigenvalue weighted by Gasteiger charge is 2.20. The number of hydrogen-bond donors (Lipinski definition) is 1. The first-order valence-corrected chi connectivity index (χ1v) is 8.14. The fraction of sp³-hybridized carbons (Fsp3) is 0.0714. The van der Waals surface area contributed by atoms with Gasteiger partial charge >= 0.3 is 0 Å². The Kier molecular flexibility index (Phi) is 4.73. The Bertz CT molecular complexity index is 816. The predicted octanol–water partition coefficient (Wildman–Crippen LogP) is 2.94. The number of nitrogens with one attached hydrogen (secondary N) is 1. The standard InChI is InChI=1S/C14H10BrFN2O2S/c15-11-4-1-3-10(7-11)9-18-21(19,20)14-6-2-5-13(16)12(14)8-17/h1-7,18H,9H2. The zero-order chi connectivity index (χ0) is 15.5. The summed E-state index contributed by atoms with van der Waals surface area (Å²) in [5.74, 6) is -0.858. The highest BCUT2D eigenvalue weighted by molar-refractivity contribution is 9.10. The predicted molar refractivity (Wildman–Crippen MR) is 79.3 cm³/mol. The molecule has 0 saturated carbocycles. The third kappa shape index (κ3) is 3.67. The summed E-state index contributed by atoms with van der Waals surface area (Å²) in [6.45, 7) is 0.0448. The van der Waals surface area contributed by atoms with Crippen LogP contribution in [0.15, 0.2) is 51.8 Å². The van der Waals surface area contributed by atoms with Crippen LogP contribution in [0.25, 0.3) is 0 Å². The van der Waals surface area contributed by atoms with Crippen molar-refractivity contribution in [3.8, 4) is 6.07 Å². The van der Waals surface area contributed by atoms with Gasteiger partial charge in [0.1, 0.15) is 22.3 Å². The molecule has 2 rings (SSSR count). The first kappa shape index (κ1) is 15.6. The van der Waals surface area contributed by atoms with E-state index < -0.39 is 21.4 Å². The lowest BCUT2D eigenvalue weighted by Gasteiger charge is -2.09. The van der Waals surface area contributed by atoms with E-state index in [0.717, 1.165) is 16.1 Å². The molecule has 0 aliphatic rings. The first-order chi connectivity index (χ1) is 9.94. The van der Waals surface area contributed by atoms with E-state index in [1.165, 1.54) is 12.1 Å². The number of halogens is 2. The quantitative estimate of drug-likeness (QED) is 0.901. The Hall–Kier alpha value is -1.75. The van der Waals surface area contributed by atoms with Gasteiger partial charge in [0, 0.05) is 11.0 Å². The number of hydrogen-bond acceptors (Lipinski definition) is 3. The lowest BCUT2D eigenvalue weighted by atomic mass is 10.2. The Morgan fingerprint density at radius 2 is 1.95 bits per heavy atom. The van der Waals surface area contributed by atoms with Gasteiger partial charge in [0.2, 0.25) is 10.0 Å². The van der Waals surface area contributed by atoms with Crippen molar-refractivity contribution in [2.45, 2.75) is 11.4 Å². The Labute approximate surface area is 130 Å². The lowest BCUT2D eigenvalue weighted by molar-refractivity contribution is 0.576. The van der Waals surface area contributed by atoms with Gasteiger partial charge in [-0.1, -0.05) is 34.1 Å². The molecule has 0 bridgehead atoms. The molecule has 2 aromatic carbocycles. The molecule has 7 heteroatoms. The van der Waals surface area contributed by atoms with Gasteiger partial charge < -0.3 is 0 Å². The van der Waals surface area contributed by atoms with E-state index in [2.05, 4.69) is 20.7 Å². The highest BCUT2D eigenvalue weighted by Crippen LogP contribution is 2.18. The minimum absolute atomic E-state index is 0.0448. The zero-order valence-electron chi connectivity index (χ0n) is 10.7. The van der Waals surface area contributed by atoms with Gasteiger partial charge in [0.05, 0.1) is 0 Å². The van der Waals surface area contributed by atoms with Gasteiger partial charge in [0.15, 0.2) is 0 Å². The van der Waals surface area contributed by atoms with Crippen LogP contribution < -0.4 is 4.72 Å². The summed E-state index contributed by atoms with van der Waals surface area (Å²) in [5.41, 5.74) is 0.252. The molecule has 4 nitrogen and oxygen atoms in total. The summed E-state index contributed by atoms with van der Waals surface area (Å²) in [6.07, 6.45) is 0. The minimum atomic E-state index is -3.96. The van der Waals surface area contributed by atoms with Gasteiger partial charge in [-0.2, -0.15) is 5.26 Å². The molecule has 0 aromatic heterocycles. The number of benzene rings is 2. The molecule has 2 aromatic rings. The fourth-order valence-corrected chi connectivity index (χ4v) is 3.37. The molecule has 0 atom stereocenters. The van der Waals surface area contributed by atoms with Crippen LogP contribution in [0, 0.1) is 17.1 Å². The molecule has 0 fully saturated rings. The van der Waals surface area contributed by atoms with Crippen LogP contribution in [0.1, 0.15) is 11.1 Å². The molecular formula is C14H10BrFN2O2S. The van der Waals surface area contributed by atoms with Crippen molar-refractivity contribution in [1.29, 1.82) is 5.26 Å². The minimum Gasteiger partial charge on any atom is -0.207 e. The number of nitriles is 1. The molecule has 0 saturated heterocycles. The Morgan fingerprint density at radius 1 is 1.24 bits per heavy atom. The Balaban J connectivity index is 2.28. The van der Waals surface area contributed by atoms with Crippen molar-refractivity contribution >= 4 is 26.0 Å². The van der Waals surface area contributed by atoms with E-state index in [9.17, 15) is 12.8 Å². The van der Waals surface area contributed by atoms with Gasteiger partial charge in [-0.3, -0.25) is 0 Å². The van der Waals surface area contributed by atoms with Gasteiger partial charge in [-0.15, -0.1) is 0 Å². The summed E-state index contributed by atoms with van der Waals surface area (Å²) in [7, 11) is -3.96. The van der Waals surface area contributed by atoms with Crippen molar-refractivity contribution in [3.63, 3.8) is 0 Å². The van der Waals surface area contributed by atoms with E-state index in [1.54, 1.807) is 24.3 Å².